The standard InChI is InChI=1S/C64H50GeN4OS/c1-64(2,3)44-36-37-66-60(38-44)69-56-33-19-30-52-61(56)62-53(65(52)50-28-11-15-34-58(50)71-59-35-16-12-29-51(59)65)40-47(41-57(62)69)70-46-25-17-24-45(39-46)67-54-31-13-14-32-55(54)68(4)63-48(42-20-7-5-8-21-42)26-18-27-49(63)43-22-9-6-10-23-43/h5-41,67H,1-4H3. The van der Waals surface area contributed by atoms with Crippen LogP contribution in [0.5, 0.6) is 11.5 Å². The Morgan fingerprint density at radius 1 is 0.535 bits per heavy atom. The Labute approximate surface area is 421 Å². The SMILES string of the molecule is CN(c1ccccc1Nc1cccc(Oc2c[c]3c4c5[c](cccc5n(-c5cc(C(C)(C)C)ccn5)c4c2)[Ge]32[c]3ccccc3Sc3cccc[c]32)c1)c1c(-c2ccccc2)cccc1-c1ccccc1. The number of pyridine rings is 1. The van der Waals surface area contributed by atoms with Crippen molar-refractivity contribution in [2.45, 2.75) is 36.0 Å². The Kier molecular flexibility index (Phi) is 10.3. The van der Waals surface area contributed by atoms with Crippen LogP contribution in [0.1, 0.15) is 26.3 Å². The average molecular weight is 996 g/mol. The van der Waals surface area contributed by atoms with E-state index in [9.17, 15) is 0 Å². The van der Waals surface area contributed by atoms with Crippen LogP contribution in [0.25, 0.3) is 49.9 Å². The molecule has 2 aliphatic rings. The molecule has 0 saturated heterocycles. The van der Waals surface area contributed by atoms with Crippen molar-refractivity contribution >= 4 is 87.2 Å². The Bertz CT molecular complexity index is 3780. The minimum Gasteiger partial charge on any atom is -0.0622 e. The fraction of sp³-hybridized carbons (Fsp3) is 0.0781. The number of anilines is 4. The molecule has 71 heavy (non-hydrogen) atoms. The van der Waals surface area contributed by atoms with Gasteiger partial charge in [-0.25, -0.2) is 0 Å². The number of nitrogens with zero attached hydrogens (tertiary/aromatic N) is 3. The molecule has 1 N–H and O–H groups in total. The van der Waals surface area contributed by atoms with E-state index in [1.807, 2.05) is 18.0 Å². The number of rotatable bonds is 9. The first-order chi connectivity index (χ1) is 34.8. The molecule has 9 aromatic carbocycles. The van der Waals surface area contributed by atoms with E-state index >= 15 is 0 Å². The number of ether oxygens (including phenoxy) is 1. The molecular formula is C64H50GeN4OS. The van der Waals surface area contributed by atoms with E-state index in [0.29, 0.717) is 0 Å². The number of hydrogen-bond acceptors (Lipinski definition) is 5. The number of hydrogen-bond donors (Lipinski definition) is 1. The summed E-state index contributed by atoms with van der Waals surface area (Å²) in [6, 6.07) is 79.3. The van der Waals surface area contributed by atoms with Crippen molar-refractivity contribution < 1.29 is 4.74 Å². The second kappa shape index (κ2) is 17.0. The van der Waals surface area contributed by atoms with Gasteiger partial charge in [0.05, 0.1) is 0 Å². The summed E-state index contributed by atoms with van der Waals surface area (Å²) < 4.78 is 15.4. The van der Waals surface area contributed by atoms with Gasteiger partial charge < -0.3 is 0 Å². The van der Waals surface area contributed by atoms with Gasteiger partial charge in [0.2, 0.25) is 0 Å². The predicted octanol–water partition coefficient (Wildman–Crippen LogP) is 14.3. The monoisotopic (exact) mass is 996 g/mol. The Balaban J connectivity index is 0.938. The van der Waals surface area contributed by atoms with E-state index in [0.717, 1.165) is 56.7 Å². The van der Waals surface area contributed by atoms with E-state index in [1.54, 1.807) is 0 Å². The molecule has 13 rings (SSSR count). The molecule has 2 aromatic heterocycles. The van der Waals surface area contributed by atoms with Gasteiger partial charge in [0.1, 0.15) is 0 Å². The summed E-state index contributed by atoms with van der Waals surface area (Å²) in [6.45, 7) is 6.80. The summed E-state index contributed by atoms with van der Waals surface area (Å²) in [5, 5.41) is 6.50. The second-order valence-corrected chi connectivity index (χ2v) is 28.4. The molecule has 7 heteroatoms. The molecule has 0 atom stereocenters. The minimum atomic E-state index is -3.63. The molecule has 1 spiro atoms. The quantitative estimate of drug-likeness (QED) is 0.146. The van der Waals surface area contributed by atoms with Crippen LogP contribution >= 0.6 is 11.8 Å². The molecule has 11 aromatic rings. The molecule has 5 nitrogen and oxygen atoms in total. The number of fused-ring (bicyclic) bond motifs is 6. The average Bonchev–Trinajstić information content (AvgIpc) is 3.90. The zero-order chi connectivity index (χ0) is 47.8. The third kappa shape index (κ3) is 7.03. The van der Waals surface area contributed by atoms with Crippen molar-refractivity contribution in [2.24, 2.45) is 0 Å². The molecule has 0 bridgehead atoms. The van der Waals surface area contributed by atoms with Crippen molar-refractivity contribution in [3.05, 3.63) is 230 Å². The summed E-state index contributed by atoms with van der Waals surface area (Å²) in [5.41, 5.74) is 12.3. The van der Waals surface area contributed by atoms with Crippen LogP contribution in [-0.2, 0) is 5.41 Å². The first kappa shape index (κ1) is 43.3. The summed E-state index contributed by atoms with van der Waals surface area (Å²) >= 11 is -1.73. The van der Waals surface area contributed by atoms with Gasteiger partial charge >= 0.3 is 323 Å². The van der Waals surface area contributed by atoms with Crippen LogP contribution in [0.15, 0.2) is 234 Å². The van der Waals surface area contributed by atoms with Gasteiger partial charge in [-0.1, -0.05) is 78.9 Å². The third-order valence-corrected chi connectivity index (χ3v) is 26.7. The number of para-hydroxylation sites is 3. The van der Waals surface area contributed by atoms with Gasteiger partial charge in [0.25, 0.3) is 0 Å². The van der Waals surface area contributed by atoms with Crippen molar-refractivity contribution in [1.29, 1.82) is 0 Å². The van der Waals surface area contributed by atoms with E-state index in [1.165, 1.54) is 60.4 Å². The molecule has 0 aliphatic carbocycles. The number of benzene rings is 9. The number of aromatic nitrogens is 2. The normalized spacial score (nSPS) is 13.1. The maximum absolute atomic E-state index is 7.19. The van der Waals surface area contributed by atoms with Gasteiger partial charge in [-0.2, -0.15) is 0 Å². The number of nitrogens with one attached hydrogen (secondary N) is 1. The third-order valence-electron chi connectivity index (χ3n) is 14.5. The Morgan fingerprint density at radius 2 is 1.14 bits per heavy atom. The molecule has 0 radical (unpaired) electrons. The van der Waals surface area contributed by atoms with Crippen LogP contribution in [0.2, 0.25) is 0 Å². The molecule has 342 valence electrons. The van der Waals surface area contributed by atoms with Crippen molar-refractivity contribution in [3.63, 3.8) is 0 Å². The van der Waals surface area contributed by atoms with Crippen LogP contribution in [0.4, 0.5) is 22.7 Å². The van der Waals surface area contributed by atoms with E-state index in [-0.39, 0.29) is 5.41 Å². The van der Waals surface area contributed by atoms with Crippen LogP contribution in [0.3, 0.4) is 0 Å². The van der Waals surface area contributed by atoms with Gasteiger partial charge in [-0.15, -0.1) is 0 Å². The summed E-state index contributed by atoms with van der Waals surface area (Å²) in [5.74, 6) is 2.48. The van der Waals surface area contributed by atoms with Gasteiger partial charge in [-0.05, 0) is 11.1 Å². The first-order valence-corrected chi connectivity index (χ1v) is 29.3. The molecule has 0 fully saturated rings. The van der Waals surface area contributed by atoms with E-state index < -0.39 is 13.3 Å². The molecular weight excluding hydrogens is 945 g/mol. The maximum atomic E-state index is 7.19. The van der Waals surface area contributed by atoms with E-state index in [4.69, 9.17) is 9.72 Å². The van der Waals surface area contributed by atoms with Crippen molar-refractivity contribution in [2.75, 3.05) is 17.3 Å². The topological polar surface area (TPSA) is 42.3 Å². The van der Waals surface area contributed by atoms with Gasteiger partial charge in [0.15, 0.2) is 0 Å². The Morgan fingerprint density at radius 3 is 1.85 bits per heavy atom. The first-order valence-electron chi connectivity index (χ1n) is 24.3. The van der Waals surface area contributed by atoms with E-state index in [2.05, 4.69) is 261 Å². The zero-order valence-electron chi connectivity index (χ0n) is 40.0. The fourth-order valence-electron chi connectivity index (χ4n) is 11.3. The predicted molar refractivity (Wildman–Crippen MR) is 300 cm³/mol. The summed E-state index contributed by atoms with van der Waals surface area (Å²) in [4.78, 5) is 10.1. The van der Waals surface area contributed by atoms with Gasteiger partial charge in [-0.3, -0.25) is 0 Å². The van der Waals surface area contributed by atoms with Crippen LogP contribution < -0.4 is 32.5 Å². The Hall–Kier alpha value is -7.78. The fourth-order valence-corrected chi connectivity index (χ4v) is 25.6. The summed E-state index contributed by atoms with van der Waals surface area (Å²) in [7, 11) is 2.17. The molecule has 0 unspecified atom stereocenters. The van der Waals surface area contributed by atoms with Crippen molar-refractivity contribution in [1.82, 2.24) is 9.55 Å². The van der Waals surface area contributed by atoms with Gasteiger partial charge in [0, 0.05) is 11.1 Å². The molecule has 0 saturated carbocycles. The molecule has 0 amide bonds. The van der Waals surface area contributed by atoms with Crippen molar-refractivity contribution in [3.8, 4) is 39.6 Å². The second-order valence-electron chi connectivity index (χ2n) is 19.7. The smallest absolute Gasteiger partial charge is 0.0622 e. The zero-order valence-corrected chi connectivity index (χ0v) is 42.9. The van der Waals surface area contributed by atoms with Crippen LogP contribution in [0, 0.1) is 0 Å². The van der Waals surface area contributed by atoms with Crippen LogP contribution in [-0.4, -0.2) is 29.9 Å². The summed E-state index contributed by atoms with van der Waals surface area (Å²) in [6.07, 6.45) is 1.97. The minimum absolute atomic E-state index is 0.0442. The molecule has 4 heterocycles. The molecule has 2 aliphatic heterocycles.